The summed E-state index contributed by atoms with van der Waals surface area (Å²) in [5.74, 6) is 0. The summed E-state index contributed by atoms with van der Waals surface area (Å²) >= 11 is 0. The molecule has 0 amide bonds. The first-order valence-electron chi connectivity index (χ1n) is 12.3. The molecule has 3 aromatic carbocycles. The zero-order chi connectivity index (χ0) is 25.7. The minimum atomic E-state index is -2.85. The molecule has 0 aliphatic rings. The van der Waals surface area contributed by atoms with Crippen LogP contribution in [-0.4, -0.2) is 43.0 Å². The maximum Gasteiger partial charge on any atom is 0.314 e. The first kappa shape index (κ1) is 28.2. The molecule has 0 radical (unpaired) electrons. The van der Waals surface area contributed by atoms with Crippen molar-refractivity contribution < 1.29 is 16.5 Å². The number of hydrogen-bond acceptors (Lipinski definition) is 4. The lowest BCUT2D eigenvalue weighted by Gasteiger charge is -2.43. The molecule has 3 rings (SSSR count). The monoisotopic (exact) mass is 556 g/mol. The predicted molar refractivity (Wildman–Crippen MR) is 160 cm³/mol. The molecular weight excluding hydrogens is 517 g/mol. The van der Waals surface area contributed by atoms with Crippen molar-refractivity contribution in [3.05, 3.63) is 91.0 Å². The highest BCUT2D eigenvalue weighted by Gasteiger charge is 2.50. The molecule has 0 bridgehead atoms. The highest BCUT2D eigenvalue weighted by molar-refractivity contribution is 7.10. The van der Waals surface area contributed by atoms with Crippen LogP contribution in [0, 0.1) is 0 Å². The highest BCUT2D eigenvalue weighted by Crippen LogP contribution is 2.25. The molecule has 35 heavy (non-hydrogen) atoms. The summed E-state index contributed by atoms with van der Waals surface area (Å²) in [5.41, 5.74) is 0. The highest BCUT2D eigenvalue weighted by atomic mass is 28.5. The summed E-state index contributed by atoms with van der Waals surface area (Å²) in [6.07, 6.45) is 0. The molecule has 0 saturated carbocycles. The quantitative estimate of drug-likeness (QED) is 0.251. The minimum absolute atomic E-state index is 1.21. The average molecular weight is 557 g/mol. The van der Waals surface area contributed by atoms with Gasteiger partial charge in [-0.15, -0.1) is 0 Å². The molecule has 0 aliphatic carbocycles. The Morgan fingerprint density at radius 3 is 1.11 bits per heavy atom. The van der Waals surface area contributed by atoms with Gasteiger partial charge >= 0.3 is 25.7 Å². The van der Waals surface area contributed by atoms with E-state index in [0.717, 1.165) is 0 Å². The van der Waals surface area contributed by atoms with E-state index in [4.69, 9.17) is 16.5 Å². The first-order valence-corrected chi connectivity index (χ1v) is 25.4. The fourth-order valence-corrected chi connectivity index (χ4v) is 28.0. The normalized spacial score (nSPS) is 13.3. The second kappa shape index (κ2) is 11.3. The smallest absolute Gasteiger partial charge is 0.314 e. The third-order valence-corrected chi connectivity index (χ3v) is 24.1. The van der Waals surface area contributed by atoms with E-state index in [1.165, 1.54) is 15.6 Å². The van der Waals surface area contributed by atoms with Gasteiger partial charge in [-0.3, -0.25) is 0 Å². The van der Waals surface area contributed by atoms with Crippen molar-refractivity contribution in [1.82, 2.24) is 0 Å². The third-order valence-electron chi connectivity index (χ3n) is 5.44. The molecule has 9 heteroatoms. The van der Waals surface area contributed by atoms with E-state index in [9.17, 15) is 0 Å². The Balaban J connectivity index is 2.06. The largest absolute Gasteiger partial charge is 0.440 e. The van der Waals surface area contributed by atoms with Crippen molar-refractivity contribution in [1.29, 1.82) is 0 Å². The van der Waals surface area contributed by atoms with Gasteiger partial charge < -0.3 is 16.5 Å². The Bertz CT molecular complexity index is 964. The lowest BCUT2D eigenvalue weighted by Crippen LogP contribution is -2.73. The van der Waals surface area contributed by atoms with Crippen molar-refractivity contribution in [2.24, 2.45) is 0 Å². The van der Waals surface area contributed by atoms with Crippen LogP contribution >= 0.6 is 0 Å². The molecule has 0 fully saturated rings. The SMILES string of the molecule is C[SiH](C)O[Si](C)(C)O[Si](C)(C)O[Si](C)(C)O[Si](c1ccccc1)(c1ccccc1)c1ccccc1. The van der Waals surface area contributed by atoms with Gasteiger partial charge in [-0.1, -0.05) is 91.0 Å². The van der Waals surface area contributed by atoms with Crippen LogP contribution in [-0.2, 0) is 16.5 Å². The molecule has 0 atom stereocenters. The van der Waals surface area contributed by atoms with Crippen LogP contribution in [0.3, 0.4) is 0 Å². The Labute approximate surface area is 217 Å². The summed E-state index contributed by atoms with van der Waals surface area (Å²) < 4.78 is 27.2. The van der Waals surface area contributed by atoms with Gasteiger partial charge in [0.15, 0.2) is 9.04 Å². The van der Waals surface area contributed by atoms with Crippen LogP contribution < -0.4 is 15.6 Å². The number of benzene rings is 3. The van der Waals surface area contributed by atoms with Crippen molar-refractivity contribution in [2.75, 3.05) is 0 Å². The van der Waals surface area contributed by atoms with E-state index in [1.807, 2.05) is 0 Å². The maximum absolute atomic E-state index is 7.41. The summed E-state index contributed by atoms with van der Waals surface area (Å²) in [5, 5.41) is 3.64. The Morgan fingerprint density at radius 2 is 0.771 bits per heavy atom. The summed E-state index contributed by atoms with van der Waals surface area (Å²) in [4.78, 5) is 0. The summed E-state index contributed by atoms with van der Waals surface area (Å²) in [6, 6.07) is 32.0. The van der Waals surface area contributed by atoms with Gasteiger partial charge in [0, 0.05) is 0 Å². The Hall–Kier alpha value is -1.42. The summed E-state index contributed by atoms with van der Waals surface area (Å²) in [6.45, 7) is 17.2. The molecule has 0 unspecified atom stereocenters. The van der Waals surface area contributed by atoms with Gasteiger partial charge in [0.2, 0.25) is 0 Å². The standard InChI is InChI=1S/C26H40O4Si5/c1-31(2)27-32(3,4)28-33(5,6)29-34(7,8)30-35(24-18-12-9-13-19-24,25-20-14-10-15-21-25)26-22-16-11-17-23-26/h9-23,31H,1-8H3. The van der Waals surface area contributed by atoms with Gasteiger partial charge in [0.25, 0.3) is 8.32 Å². The molecular formula is C26H40O4Si5. The molecule has 0 heterocycles. The van der Waals surface area contributed by atoms with Crippen LogP contribution in [0.25, 0.3) is 0 Å². The molecule has 0 aromatic heterocycles. The lowest BCUT2D eigenvalue weighted by molar-refractivity contribution is 0.304. The van der Waals surface area contributed by atoms with E-state index < -0.39 is 43.0 Å². The fourth-order valence-electron chi connectivity index (χ4n) is 4.88. The van der Waals surface area contributed by atoms with Gasteiger partial charge in [0.1, 0.15) is 0 Å². The van der Waals surface area contributed by atoms with Crippen molar-refractivity contribution in [3.63, 3.8) is 0 Å². The maximum atomic E-state index is 7.41. The molecule has 0 aliphatic heterocycles. The van der Waals surface area contributed by atoms with E-state index >= 15 is 0 Å². The van der Waals surface area contributed by atoms with Crippen LogP contribution in [0.5, 0.6) is 0 Å². The zero-order valence-corrected chi connectivity index (χ0v) is 27.5. The second-order valence-electron chi connectivity index (χ2n) is 10.5. The van der Waals surface area contributed by atoms with Crippen LogP contribution in [0.15, 0.2) is 91.0 Å². The molecule has 0 saturated heterocycles. The molecule has 4 nitrogen and oxygen atoms in total. The van der Waals surface area contributed by atoms with Gasteiger partial charge in [-0.05, 0) is 67.9 Å². The fraction of sp³-hybridized carbons (Fsp3) is 0.308. The third kappa shape index (κ3) is 7.54. The van der Waals surface area contributed by atoms with E-state index in [-0.39, 0.29) is 0 Å². The van der Waals surface area contributed by atoms with Gasteiger partial charge in [0.05, 0.1) is 0 Å². The molecule has 188 valence electrons. The van der Waals surface area contributed by atoms with Crippen molar-refractivity contribution in [3.8, 4) is 0 Å². The minimum Gasteiger partial charge on any atom is -0.440 e. The van der Waals surface area contributed by atoms with Crippen LogP contribution in [0.2, 0.25) is 52.4 Å². The van der Waals surface area contributed by atoms with Crippen LogP contribution in [0.4, 0.5) is 0 Å². The van der Waals surface area contributed by atoms with Gasteiger partial charge in [-0.2, -0.15) is 0 Å². The topological polar surface area (TPSA) is 36.9 Å². The van der Waals surface area contributed by atoms with Crippen LogP contribution in [0.1, 0.15) is 0 Å². The predicted octanol–water partition coefficient (Wildman–Crippen LogP) is 4.81. The summed E-state index contributed by atoms with van der Waals surface area (Å²) in [7, 11) is -11.5. The number of hydrogen-bond donors (Lipinski definition) is 0. The molecule has 3 aromatic rings. The Kier molecular flexibility index (Phi) is 9.11. The molecule has 0 spiro atoms. The van der Waals surface area contributed by atoms with E-state index in [2.05, 4.69) is 143 Å². The lowest BCUT2D eigenvalue weighted by atomic mass is 10.3. The van der Waals surface area contributed by atoms with Crippen molar-refractivity contribution >= 4 is 58.6 Å². The first-order chi connectivity index (χ1) is 16.4. The second-order valence-corrected chi connectivity index (χ2v) is 27.4. The average Bonchev–Trinajstić information content (AvgIpc) is 2.76. The molecule has 0 N–H and O–H groups in total. The zero-order valence-electron chi connectivity index (χ0n) is 22.4. The van der Waals surface area contributed by atoms with E-state index in [0.29, 0.717) is 0 Å². The van der Waals surface area contributed by atoms with E-state index in [1.54, 1.807) is 0 Å². The number of rotatable bonds is 11. The van der Waals surface area contributed by atoms with Crippen molar-refractivity contribution in [2.45, 2.75) is 52.4 Å². The van der Waals surface area contributed by atoms with Gasteiger partial charge in [-0.25, -0.2) is 0 Å². The Morgan fingerprint density at radius 1 is 0.457 bits per heavy atom.